The van der Waals surface area contributed by atoms with Crippen molar-refractivity contribution in [3.63, 3.8) is 0 Å². The van der Waals surface area contributed by atoms with Gasteiger partial charge in [-0.25, -0.2) is 13.8 Å². The van der Waals surface area contributed by atoms with Crippen LogP contribution in [0.2, 0.25) is 0 Å². The second-order valence-electron chi connectivity index (χ2n) is 22.2. The van der Waals surface area contributed by atoms with Crippen molar-refractivity contribution in [2.24, 2.45) is 23.3 Å². The number of rotatable bonds is 37. The van der Waals surface area contributed by atoms with Gasteiger partial charge in [0.15, 0.2) is 11.6 Å². The molecule has 0 radical (unpaired) electrons. The van der Waals surface area contributed by atoms with Crippen molar-refractivity contribution in [2.75, 3.05) is 19.6 Å². The number of unbranched alkanes of at least 4 members (excludes halogenated alkanes) is 1. The molecule has 0 unspecified atom stereocenters. The van der Waals surface area contributed by atoms with Crippen LogP contribution in [0.4, 0.5) is 8.78 Å². The summed E-state index contributed by atoms with van der Waals surface area (Å²) >= 11 is 0. The molecule has 0 saturated carbocycles. The fourth-order valence-corrected chi connectivity index (χ4v) is 9.34. The average molecular weight is 1220 g/mol. The van der Waals surface area contributed by atoms with Crippen molar-refractivity contribution in [1.82, 2.24) is 62.8 Å². The van der Waals surface area contributed by atoms with Crippen molar-refractivity contribution in [3.05, 3.63) is 126 Å². The predicted octanol–water partition coefficient (Wildman–Crippen LogP) is 1.21. The number of aromatic amines is 2. The van der Waals surface area contributed by atoms with Gasteiger partial charge >= 0.3 is 0 Å². The van der Waals surface area contributed by atoms with Crippen molar-refractivity contribution in [1.29, 1.82) is 0 Å². The second-order valence-corrected chi connectivity index (χ2v) is 22.2. The van der Waals surface area contributed by atoms with Crippen LogP contribution in [0.1, 0.15) is 107 Å². The summed E-state index contributed by atoms with van der Waals surface area (Å²) in [5, 5.41) is 24.9. The Labute approximate surface area is 508 Å². The molecule has 5 aromatic rings. The van der Waals surface area contributed by atoms with Gasteiger partial charge < -0.3 is 64.0 Å². The topological polar surface area (TPSA) is 393 Å². The van der Waals surface area contributed by atoms with Crippen molar-refractivity contribution in [2.45, 2.75) is 141 Å². The largest absolute Gasteiger partial charge is 0.370 e. The average Bonchev–Trinajstić information content (AvgIpc) is 3.98. The number of benzene rings is 3. The maximum atomic E-state index is 14.2. The Morgan fingerprint density at radius 2 is 1.24 bits per heavy atom. The van der Waals surface area contributed by atoms with Gasteiger partial charge in [0.1, 0.15) is 42.0 Å². The zero-order chi connectivity index (χ0) is 64.5. The molecule has 2 aromatic heterocycles. The highest BCUT2D eigenvalue weighted by molar-refractivity contribution is 5.97. The van der Waals surface area contributed by atoms with E-state index in [0.717, 1.165) is 29.1 Å². The molecule has 0 aliphatic rings. The van der Waals surface area contributed by atoms with E-state index < -0.39 is 119 Å². The highest BCUT2D eigenvalue weighted by Gasteiger charge is 2.33. The van der Waals surface area contributed by atoms with E-state index in [1.165, 1.54) is 19.4 Å². The number of ketones is 1. The third kappa shape index (κ3) is 22.8. The predicted molar refractivity (Wildman–Crippen MR) is 321 cm³/mol. The molecule has 0 spiro atoms. The van der Waals surface area contributed by atoms with Crippen LogP contribution in [0, 0.1) is 23.5 Å². The van der Waals surface area contributed by atoms with Crippen molar-refractivity contribution < 1.29 is 61.5 Å². The minimum absolute atomic E-state index is 0.00112. The minimum Gasteiger partial charge on any atom is -0.370 e. The number of aromatic nitrogens is 3. The van der Waals surface area contributed by atoms with Crippen molar-refractivity contribution >= 4 is 75.8 Å². The third-order valence-corrected chi connectivity index (χ3v) is 14.2. The minimum atomic E-state index is -1.34. The number of carbonyl (C=O) groups excluding carboxylic acids is 11. The summed E-state index contributed by atoms with van der Waals surface area (Å²) in [5.74, 6) is -10.3. The Balaban J connectivity index is 1.19. The number of amides is 10. The third-order valence-electron chi connectivity index (χ3n) is 14.2. The highest BCUT2D eigenvalue weighted by Crippen LogP contribution is 2.20. The van der Waals surface area contributed by atoms with E-state index in [9.17, 15) is 61.5 Å². The maximum absolute atomic E-state index is 14.2. The van der Waals surface area contributed by atoms with E-state index in [0.29, 0.717) is 29.7 Å². The number of Topliss-reactive ketones (excluding diaryl/α,β-unsaturated/α-hetero) is 1. The molecule has 0 bridgehead atoms. The number of primary amides is 2. The summed E-state index contributed by atoms with van der Waals surface area (Å²) in [6.07, 6.45) is 4.58. The molecule has 474 valence electrons. The molecule has 3 aromatic carbocycles. The molecular weight excluding hydrogens is 1140 g/mol. The van der Waals surface area contributed by atoms with Crippen LogP contribution in [0.25, 0.3) is 10.9 Å². The molecule has 2 heterocycles. The lowest BCUT2D eigenvalue weighted by Gasteiger charge is -2.26. The molecule has 7 atom stereocenters. The van der Waals surface area contributed by atoms with Gasteiger partial charge in [-0.1, -0.05) is 76.2 Å². The van der Waals surface area contributed by atoms with Crippen LogP contribution in [-0.2, 0) is 67.2 Å². The van der Waals surface area contributed by atoms with Crippen LogP contribution >= 0.6 is 0 Å². The number of halogens is 2. The summed E-state index contributed by atoms with van der Waals surface area (Å²) < 4.78 is 26.9. The maximum Gasteiger partial charge on any atom is 0.251 e. The van der Waals surface area contributed by atoms with Crippen molar-refractivity contribution in [3.8, 4) is 0 Å². The van der Waals surface area contributed by atoms with Crippen LogP contribution in [0.15, 0.2) is 91.5 Å². The van der Waals surface area contributed by atoms with Gasteiger partial charge in [-0.2, -0.15) is 0 Å². The van der Waals surface area contributed by atoms with E-state index in [-0.39, 0.29) is 88.3 Å². The summed E-state index contributed by atoms with van der Waals surface area (Å²) in [5.41, 5.74) is 13.5. The monoisotopic (exact) mass is 1220 g/mol. The molecule has 0 aliphatic heterocycles. The normalized spacial score (nSPS) is 13.6. The molecule has 0 aliphatic carbocycles. The number of para-hydroxylation sites is 1. The quantitative estimate of drug-likeness (QED) is 0.0249. The smallest absolute Gasteiger partial charge is 0.251 e. The van der Waals surface area contributed by atoms with Crippen LogP contribution in [0.3, 0.4) is 0 Å². The lowest BCUT2D eigenvalue weighted by molar-refractivity contribution is -0.134. The molecule has 25 nitrogen and oxygen atoms in total. The summed E-state index contributed by atoms with van der Waals surface area (Å²) in [4.78, 5) is 157. The van der Waals surface area contributed by atoms with E-state index >= 15 is 0 Å². The van der Waals surface area contributed by atoms with Crippen LogP contribution in [0.5, 0.6) is 0 Å². The molecule has 5 rings (SSSR count). The van der Waals surface area contributed by atoms with Gasteiger partial charge in [0.25, 0.3) is 5.91 Å². The molecule has 0 fully saturated rings. The molecule has 0 saturated heterocycles. The lowest BCUT2D eigenvalue weighted by Crippen LogP contribution is -2.58. The van der Waals surface area contributed by atoms with Crippen LogP contribution in [-0.4, -0.2) is 142 Å². The van der Waals surface area contributed by atoms with E-state index in [1.54, 1.807) is 56.4 Å². The standard InChI is InChI=1S/C61H80F2N14O11/c1-34(2)25-47(54(65)81)74-59(86)48(26-37-13-7-6-8-14-37)75-60(87)50(29-40-31-66-33-71-40)73-52(80)22-24-68-61(88)53(35(3)4)77-55(82)36(5)72-58(85)49(28-39-30-69-45-17-10-9-16-42(39)45)76-57(84)46(20-21-51(64)79)70-32-41(78)15-11-12-23-67-56(83)38-18-19-43(62)44(63)27-38/h6-10,13-14,16-19,27,30-31,33-36,46-50,53,69-70H,11-12,15,20-26,28-29,32H2,1-5H3,(H2,64,79)(H2,65,81)(H,66,71)(H,67,83)(H,68,88)(H,72,85)(H,73,80)(H,74,86)(H,75,87)(H,76,84)(H,77,82)/t36-,46-,47-,48+,49-,50-,53+/m0/s1/i62-1,63-1. The summed E-state index contributed by atoms with van der Waals surface area (Å²) in [6.45, 7) is 7.99. The number of hydrogen-bond donors (Lipinski definition) is 13. The number of carbonyl (C=O) groups is 11. The van der Waals surface area contributed by atoms with E-state index in [4.69, 9.17) is 11.5 Å². The summed E-state index contributed by atoms with van der Waals surface area (Å²) in [7, 11) is 0. The Kier molecular flexibility index (Phi) is 27.3. The fourth-order valence-electron chi connectivity index (χ4n) is 9.34. The number of hydrogen-bond acceptors (Lipinski definition) is 13. The van der Waals surface area contributed by atoms with Gasteiger partial charge in [-0.3, -0.25) is 58.1 Å². The molecule has 15 N–H and O–H groups in total. The Morgan fingerprint density at radius 3 is 1.89 bits per heavy atom. The van der Waals surface area contributed by atoms with Gasteiger partial charge in [0.2, 0.25) is 53.2 Å². The zero-order valence-electron chi connectivity index (χ0n) is 49.9. The fraction of sp³-hybridized carbons (Fsp3) is 0.443. The number of fused-ring (bicyclic) bond motifs is 1. The lowest BCUT2D eigenvalue weighted by atomic mass is 10.0. The number of nitrogens with one attached hydrogen (secondary N) is 11. The Morgan fingerprint density at radius 1 is 0.591 bits per heavy atom. The first-order chi connectivity index (χ1) is 41.9. The first-order valence-corrected chi connectivity index (χ1v) is 29.1. The summed E-state index contributed by atoms with van der Waals surface area (Å²) in [6, 6.07) is 10.3. The van der Waals surface area contributed by atoms with E-state index in [2.05, 4.69) is 62.8 Å². The van der Waals surface area contributed by atoms with Gasteiger partial charge in [0, 0.05) is 86.2 Å². The van der Waals surface area contributed by atoms with Gasteiger partial charge in [-0.05, 0) is 79.8 Å². The van der Waals surface area contributed by atoms with Gasteiger partial charge in [0.05, 0.1) is 18.9 Å². The number of nitrogens with zero attached hydrogens (tertiary/aromatic N) is 1. The number of nitrogens with two attached hydrogens (primary N) is 2. The first-order valence-electron chi connectivity index (χ1n) is 29.1. The Hall–Kier alpha value is -9.40. The number of H-pyrrole nitrogens is 2. The molecular formula is C61H80F2N14O11. The Bertz CT molecular complexity index is 3210. The SMILES string of the molecule is CC(C)C[C@H](NC(=O)[C@@H](Cc1ccccc1)NC(=O)[C@H](Cc1cnc[nH]1)NC(=O)CCNC(=O)[C@H](NC(=O)[C@H](C)NC(=O)[C@H](Cc1c[nH]c2ccccc12)NC(=O)[C@H](CCC(N)=O)NCC(=O)CCCCNC(=O)c1ccc([18F])c([18F])c1)C(C)C)C(N)=O. The van der Waals surface area contributed by atoms with E-state index in [1.807, 2.05) is 32.0 Å². The second kappa shape index (κ2) is 34.7. The molecule has 10 amide bonds. The highest BCUT2D eigenvalue weighted by atomic mass is 18.2. The first kappa shape index (κ1) is 69.4. The molecule has 88 heavy (non-hydrogen) atoms. The van der Waals surface area contributed by atoms with Gasteiger partial charge in [-0.15, -0.1) is 0 Å². The molecule has 27 heteroatoms. The number of imidazole rings is 1. The van der Waals surface area contributed by atoms with Crippen LogP contribution < -0.4 is 59.3 Å². The zero-order valence-corrected chi connectivity index (χ0v) is 49.9.